The van der Waals surface area contributed by atoms with Crippen LogP contribution in [0.5, 0.6) is 11.5 Å². The first-order chi connectivity index (χ1) is 13.3. The lowest BCUT2D eigenvalue weighted by atomic mass is 9.97. The second kappa shape index (κ2) is 6.74. The van der Waals surface area contributed by atoms with Gasteiger partial charge >= 0.3 is 0 Å². The molecule has 2 aliphatic heterocycles. The molecular weight excluding hydrogens is 356 g/mol. The molecule has 3 heterocycles. The molecule has 2 aliphatic rings. The summed E-state index contributed by atoms with van der Waals surface area (Å²) in [7, 11) is 0. The molecule has 0 radical (unpaired) electrons. The minimum atomic E-state index is -0.301. The smallest absolute Gasteiger partial charge is 0.217 e. The minimum absolute atomic E-state index is 0.173. The number of ether oxygens (including phenoxy) is 2. The summed E-state index contributed by atoms with van der Waals surface area (Å²) in [5.41, 5.74) is 3.32. The predicted octanol–water partition coefficient (Wildman–Crippen LogP) is 5.39. The van der Waals surface area contributed by atoms with Gasteiger partial charge in [0.1, 0.15) is 11.5 Å². The first kappa shape index (κ1) is 16.4. The summed E-state index contributed by atoms with van der Waals surface area (Å²) in [4.78, 5) is 1.22. The highest BCUT2D eigenvalue weighted by atomic mass is 32.1. The number of hydrazone groups is 1. The van der Waals surface area contributed by atoms with Gasteiger partial charge in [0, 0.05) is 12.0 Å². The van der Waals surface area contributed by atoms with E-state index in [1.54, 1.807) is 11.3 Å². The maximum absolute atomic E-state index is 6.43. The summed E-state index contributed by atoms with van der Waals surface area (Å²) >= 11 is 1.73. The molecule has 5 rings (SSSR count). The maximum atomic E-state index is 6.43. The van der Waals surface area contributed by atoms with Crippen LogP contribution in [-0.2, 0) is 0 Å². The van der Waals surface area contributed by atoms with Crippen molar-refractivity contribution < 1.29 is 9.47 Å². The predicted molar refractivity (Wildman–Crippen MR) is 107 cm³/mol. The van der Waals surface area contributed by atoms with Crippen LogP contribution in [0.25, 0.3) is 0 Å². The molecule has 27 heavy (non-hydrogen) atoms. The third-order valence-corrected chi connectivity index (χ3v) is 5.91. The summed E-state index contributed by atoms with van der Waals surface area (Å²) in [6.45, 7) is 2.62. The second-order valence-electron chi connectivity index (χ2n) is 6.60. The van der Waals surface area contributed by atoms with Gasteiger partial charge in [0.2, 0.25) is 6.23 Å². The van der Waals surface area contributed by atoms with Gasteiger partial charge in [0.15, 0.2) is 0 Å². The van der Waals surface area contributed by atoms with Crippen molar-refractivity contribution in [2.24, 2.45) is 5.10 Å². The Morgan fingerprint density at radius 2 is 1.89 bits per heavy atom. The monoisotopic (exact) mass is 376 g/mol. The summed E-state index contributed by atoms with van der Waals surface area (Å²) in [5.74, 6) is 1.78. The zero-order chi connectivity index (χ0) is 18.2. The molecule has 136 valence electrons. The molecule has 2 atom stereocenters. The molecule has 5 heteroatoms. The van der Waals surface area contributed by atoms with Gasteiger partial charge in [-0.25, -0.2) is 5.01 Å². The Balaban J connectivity index is 1.61. The number of benzene rings is 2. The van der Waals surface area contributed by atoms with Crippen LogP contribution < -0.4 is 9.47 Å². The van der Waals surface area contributed by atoms with Gasteiger partial charge in [0.25, 0.3) is 0 Å². The van der Waals surface area contributed by atoms with Crippen LogP contribution in [0.2, 0.25) is 0 Å². The molecule has 0 N–H and O–H groups in total. The van der Waals surface area contributed by atoms with E-state index >= 15 is 0 Å². The molecule has 2 aromatic carbocycles. The minimum Gasteiger partial charge on any atom is -0.493 e. The van der Waals surface area contributed by atoms with Crippen molar-refractivity contribution in [1.82, 2.24) is 5.01 Å². The van der Waals surface area contributed by atoms with Gasteiger partial charge in [-0.15, -0.1) is 11.3 Å². The van der Waals surface area contributed by atoms with Crippen LogP contribution in [0, 0.1) is 0 Å². The molecule has 0 aliphatic carbocycles. The number of para-hydroxylation sites is 2. The van der Waals surface area contributed by atoms with Crippen molar-refractivity contribution in [3.05, 3.63) is 82.0 Å². The molecule has 0 bridgehead atoms. The fourth-order valence-electron chi connectivity index (χ4n) is 3.80. The number of nitrogens with zero attached hydrogens (tertiary/aromatic N) is 2. The van der Waals surface area contributed by atoms with Crippen LogP contribution in [0.4, 0.5) is 0 Å². The summed E-state index contributed by atoms with van der Waals surface area (Å²) in [6, 6.07) is 20.8. The Hall–Kier alpha value is -2.79. The maximum Gasteiger partial charge on any atom is 0.217 e. The van der Waals surface area contributed by atoms with Gasteiger partial charge in [-0.1, -0.05) is 36.4 Å². The fourth-order valence-corrected chi connectivity index (χ4v) is 4.52. The number of fused-ring (bicyclic) bond motifs is 3. The topological polar surface area (TPSA) is 34.1 Å². The fraction of sp³-hybridized carbons (Fsp3) is 0.227. The van der Waals surface area contributed by atoms with Crippen LogP contribution in [-0.4, -0.2) is 17.3 Å². The van der Waals surface area contributed by atoms with Crippen molar-refractivity contribution in [3.8, 4) is 11.5 Å². The summed E-state index contributed by atoms with van der Waals surface area (Å²) < 4.78 is 12.3. The average Bonchev–Trinajstić information content (AvgIpc) is 3.38. The number of hydrogen-bond acceptors (Lipinski definition) is 5. The summed E-state index contributed by atoms with van der Waals surface area (Å²) in [5, 5.41) is 9.20. The lowest BCUT2D eigenvalue weighted by Gasteiger charge is -2.38. The second-order valence-corrected chi connectivity index (χ2v) is 7.55. The third kappa shape index (κ3) is 2.79. The normalized spacial score (nSPS) is 20.5. The van der Waals surface area contributed by atoms with E-state index in [9.17, 15) is 0 Å². The van der Waals surface area contributed by atoms with Crippen LogP contribution >= 0.6 is 11.3 Å². The molecule has 0 saturated heterocycles. The first-order valence-electron chi connectivity index (χ1n) is 9.22. The molecule has 1 aromatic heterocycles. The highest BCUT2D eigenvalue weighted by molar-refractivity contribution is 7.12. The van der Waals surface area contributed by atoms with Gasteiger partial charge in [-0.3, -0.25) is 0 Å². The standard InChI is InChI=1S/C22H20N2O2S/c1-2-25-19-10-5-4-9-16(19)22-24-18(15-8-3-6-11-20(15)26-22)14-17(23-24)21-12-7-13-27-21/h3-13,18,22H,2,14H2,1H3. The van der Waals surface area contributed by atoms with E-state index in [-0.39, 0.29) is 12.3 Å². The highest BCUT2D eigenvalue weighted by Crippen LogP contribution is 2.48. The van der Waals surface area contributed by atoms with Gasteiger partial charge < -0.3 is 9.47 Å². The van der Waals surface area contributed by atoms with Crippen LogP contribution in [0.3, 0.4) is 0 Å². The molecule has 0 saturated carbocycles. The van der Waals surface area contributed by atoms with Gasteiger partial charge in [-0.2, -0.15) is 5.10 Å². The van der Waals surface area contributed by atoms with E-state index in [0.717, 1.165) is 29.2 Å². The largest absolute Gasteiger partial charge is 0.493 e. The van der Waals surface area contributed by atoms with Crippen molar-refractivity contribution >= 4 is 17.0 Å². The van der Waals surface area contributed by atoms with Gasteiger partial charge in [0.05, 0.1) is 28.8 Å². The number of rotatable bonds is 4. The van der Waals surface area contributed by atoms with E-state index in [1.165, 1.54) is 10.4 Å². The molecule has 0 amide bonds. The Labute approximate surface area is 162 Å². The van der Waals surface area contributed by atoms with Crippen molar-refractivity contribution in [2.75, 3.05) is 6.61 Å². The lowest BCUT2D eigenvalue weighted by molar-refractivity contribution is -0.0205. The zero-order valence-electron chi connectivity index (χ0n) is 15.0. The molecule has 4 nitrogen and oxygen atoms in total. The van der Waals surface area contributed by atoms with Crippen molar-refractivity contribution in [3.63, 3.8) is 0 Å². The first-order valence-corrected chi connectivity index (χ1v) is 10.1. The molecule has 2 unspecified atom stereocenters. The molecule has 3 aromatic rings. The molecule has 0 spiro atoms. The third-order valence-electron chi connectivity index (χ3n) is 4.99. The van der Waals surface area contributed by atoms with E-state index in [1.807, 2.05) is 37.3 Å². The van der Waals surface area contributed by atoms with Crippen LogP contribution in [0.1, 0.15) is 41.6 Å². The zero-order valence-corrected chi connectivity index (χ0v) is 15.9. The average molecular weight is 376 g/mol. The number of hydrogen-bond donors (Lipinski definition) is 0. The SMILES string of the molecule is CCOc1ccccc1C1Oc2ccccc2C2CC(c3cccs3)=NN21. The highest BCUT2D eigenvalue weighted by Gasteiger charge is 2.41. The molecular formula is C22H20N2O2S. The van der Waals surface area contributed by atoms with Crippen LogP contribution in [0.15, 0.2) is 71.1 Å². The van der Waals surface area contributed by atoms with E-state index < -0.39 is 0 Å². The molecule has 0 fully saturated rings. The Bertz CT molecular complexity index is 983. The van der Waals surface area contributed by atoms with Gasteiger partial charge in [-0.05, 0) is 36.6 Å². The Morgan fingerprint density at radius 3 is 2.70 bits per heavy atom. The summed E-state index contributed by atoms with van der Waals surface area (Å²) in [6.07, 6.45) is 0.582. The van der Waals surface area contributed by atoms with Crippen molar-refractivity contribution in [1.29, 1.82) is 0 Å². The Kier molecular flexibility index (Phi) is 4.09. The van der Waals surface area contributed by atoms with E-state index in [2.05, 4.69) is 40.7 Å². The van der Waals surface area contributed by atoms with E-state index in [4.69, 9.17) is 14.6 Å². The lowest BCUT2D eigenvalue weighted by Crippen LogP contribution is -2.34. The van der Waals surface area contributed by atoms with E-state index in [0.29, 0.717) is 6.61 Å². The number of thiophene rings is 1. The Morgan fingerprint density at radius 1 is 1.07 bits per heavy atom. The van der Waals surface area contributed by atoms with Crippen molar-refractivity contribution in [2.45, 2.75) is 25.6 Å². The quantitative estimate of drug-likeness (QED) is 0.612.